The molecule has 2 nitrogen and oxygen atoms in total. The minimum Gasteiger partial charge on any atom is -0.454 e. The van der Waals surface area contributed by atoms with Gasteiger partial charge in [-0.15, -0.1) is 0 Å². The lowest BCUT2D eigenvalue weighted by Crippen LogP contribution is -2.46. The van der Waals surface area contributed by atoms with Crippen molar-refractivity contribution in [3.63, 3.8) is 0 Å². The quantitative estimate of drug-likeness (QED) is 0.644. The summed E-state index contributed by atoms with van der Waals surface area (Å²) in [7, 11) is -2.88. The molecule has 0 saturated heterocycles. The van der Waals surface area contributed by atoms with Crippen LogP contribution in [0.2, 0.25) is 32.7 Å². The standard InChI is InChI=1S/C8H22O2Si2/c1-7-9-8-12(5,6)10-11(2,3)4/h7-8H2,1-6H3. The Kier molecular flexibility index (Phi) is 4.69. The van der Waals surface area contributed by atoms with Gasteiger partial charge in [0.25, 0.3) is 0 Å². The van der Waals surface area contributed by atoms with Crippen LogP contribution in [0, 0.1) is 0 Å². The van der Waals surface area contributed by atoms with Crippen LogP contribution in [0.3, 0.4) is 0 Å². The second-order valence-corrected chi connectivity index (χ2v) is 13.5. The van der Waals surface area contributed by atoms with E-state index < -0.39 is 16.6 Å². The molecule has 0 rings (SSSR count). The van der Waals surface area contributed by atoms with Crippen LogP contribution in [-0.2, 0) is 8.85 Å². The fourth-order valence-electron chi connectivity index (χ4n) is 1.21. The molecule has 0 aliphatic heterocycles. The lowest BCUT2D eigenvalue weighted by atomic mass is 10.9. The highest BCUT2D eigenvalue weighted by atomic mass is 28.4. The van der Waals surface area contributed by atoms with E-state index in [1.807, 2.05) is 6.92 Å². The Morgan fingerprint density at radius 1 is 1.00 bits per heavy atom. The summed E-state index contributed by atoms with van der Waals surface area (Å²) in [6.45, 7) is 14.0. The van der Waals surface area contributed by atoms with Crippen LogP contribution < -0.4 is 0 Å². The third kappa shape index (κ3) is 7.03. The Morgan fingerprint density at radius 2 is 1.50 bits per heavy atom. The van der Waals surface area contributed by atoms with Crippen molar-refractivity contribution in [2.45, 2.75) is 39.7 Å². The van der Waals surface area contributed by atoms with E-state index in [2.05, 4.69) is 32.7 Å². The van der Waals surface area contributed by atoms with Crippen molar-refractivity contribution in [1.29, 1.82) is 0 Å². The Labute approximate surface area is 78.5 Å². The molecule has 0 bridgehead atoms. The minimum absolute atomic E-state index is 0.797. The molecule has 0 aromatic carbocycles. The molecular formula is C8H22O2Si2. The highest BCUT2D eigenvalue weighted by molar-refractivity contribution is 6.84. The van der Waals surface area contributed by atoms with Crippen LogP contribution in [0.1, 0.15) is 6.92 Å². The Morgan fingerprint density at radius 3 is 1.83 bits per heavy atom. The van der Waals surface area contributed by atoms with E-state index in [4.69, 9.17) is 8.85 Å². The van der Waals surface area contributed by atoms with Gasteiger partial charge < -0.3 is 8.85 Å². The van der Waals surface area contributed by atoms with Gasteiger partial charge in [0.15, 0.2) is 16.6 Å². The van der Waals surface area contributed by atoms with Gasteiger partial charge in [0.2, 0.25) is 0 Å². The SMILES string of the molecule is CCOC[Si](C)(C)O[Si](C)(C)C. The second-order valence-electron chi connectivity index (χ2n) is 4.61. The third-order valence-corrected chi connectivity index (χ3v) is 6.80. The fourth-order valence-corrected chi connectivity index (χ4v) is 8.77. The van der Waals surface area contributed by atoms with Gasteiger partial charge in [0.05, 0.1) is 6.23 Å². The van der Waals surface area contributed by atoms with E-state index in [1.165, 1.54) is 0 Å². The van der Waals surface area contributed by atoms with Gasteiger partial charge in [0, 0.05) is 6.61 Å². The Hall–Kier alpha value is 0.354. The number of hydrogen-bond acceptors (Lipinski definition) is 2. The average molecular weight is 206 g/mol. The maximum Gasteiger partial charge on any atom is 0.199 e. The summed E-state index contributed by atoms with van der Waals surface area (Å²) in [4.78, 5) is 0. The van der Waals surface area contributed by atoms with Gasteiger partial charge in [-0.1, -0.05) is 0 Å². The Balaban J connectivity index is 3.86. The maximum absolute atomic E-state index is 6.08. The van der Waals surface area contributed by atoms with Gasteiger partial charge >= 0.3 is 0 Å². The molecule has 74 valence electrons. The van der Waals surface area contributed by atoms with Gasteiger partial charge in [-0.2, -0.15) is 0 Å². The lowest BCUT2D eigenvalue weighted by Gasteiger charge is -2.30. The number of ether oxygens (including phenoxy) is 1. The average Bonchev–Trinajstić information content (AvgIpc) is 1.78. The third-order valence-electron chi connectivity index (χ3n) is 1.24. The smallest absolute Gasteiger partial charge is 0.199 e. The molecule has 0 fully saturated rings. The molecule has 0 aliphatic rings. The van der Waals surface area contributed by atoms with Crippen LogP contribution in [0.5, 0.6) is 0 Å². The highest BCUT2D eigenvalue weighted by Crippen LogP contribution is 2.13. The molecule has 0 amide bonds. The van der Waals surface area contributed by atoms with Gasteiger partial charge in [-0.25, -0.2) is 0 Å². The van der Waals surface area contributed by atoms with Crippen LogP contribution >= 0.6 is 0 Å². The summed E-state index contributed by atoms with van der Waals surface area (Å²) in [6, 6.07) is 0. The Bertz CT molecular complexity index is 130. The molecule has 4 heteroatoms. The van der Waals surface area contributed by atoms with E-state index >= 15 is 0 Å². The highest BCUT2D eigenvalue weighted by Gasteiger charge is 2.29. The first-order valence-electron chi connectivity index (χ1n) is 4.55. The first-order valence-corrected chi connectivity index (χ1v) is 11.1. The molecule has 0 aliphatic carbocycles. The van der Waals surface area contributed by atoms with E-state index in [0.717, 1.165) is 12.8 Å². The largest absolute Gasteiger partial charge is 0.454 e. The van der Waals surface area contributed by atoms with E-state index in [0.29, 0.717) is 0 Å². The zero-order valence-corrected chi connectivity index (χ0v) is 11.2. The minimum atomic E-state index is -1.52. The lowest BCUT2D eigenvalue weighted by molar-refractivity contribution is 0.179. The summed E-state index contributed by atoms with van der Waals surface area (Å²) in [5, 5.41) is 0. The summed E-state index contributed by atoms with van der Waals surface area (Å²) >= 11 is 0. The van der Waals surface area contributed by atoms with Crippen LogP contribution in [-0.4, -0.2) is 29.5 Å². The monoisotopic (exact) mass is 206 g/mol. The summed E-state index contributed by atoms with van der Waals surface area (Å²) in [5.74, 6) is 0. The summed E-state index contributed by atoms with van der Waals surface area (Å²) in [5.41, 5.74) is 0. The molecule has 0 aromatic heterocycles. The van der Waals surface area contributed by atoms with Crippen LogP contribution in [0.15, 0.2) is 0 Å². The van der Waals surface area contributed by atoms with Crippen molar-refractivity contribution in [2.24, 2.45) is 0 Å². The summed E-state index contributed by atoms with van der Waals surface area (Å²) in [6.07, 6.45) is 0.827. The van der Waals surface area contributed by atoms with Gasteiger partial charge in [-0.05, 0) is 39.7 Å². The zero-order chi connectivity index (χ0) is 9.83. The molecule has 12 heavy (non-hydrogen) atoms. The number of hydrogen-bond donors (Lipinski definition) is 0. The molecule has 0 heterocycles. The van der Waals surface area contributed by atoms with E-state index in [1.54, 1.807) is 0 Å². The first kappa shape index (κ1) is 12.4. The fraction of sp³-hybridized carbons (Fsp3) is 1.00. The predicted octanol–water partition coefficient (Wildman–Crippen LogP) is 2.62. The normalized spacial score (nSPS) is 13.5. The van der Waals surface area contributed by atoms with Crippen molar-refractivity contribution >= 4 is 16.6 Å². The molecule has 0 N–H and O–H groups in total. The van der Waals surface area contributed by atoms with Crippen molar-refractivity contribution in [3.8, 4) is 0 Å². The van der Waals surface area contributed by atoms with E-state index in [-0.39, 0.29) is 0 Å². The molecule has 0 atom stereocenters. The zero-order valence-electron chi connectivity index (χ0n) is 9.23. The van der Waals surface area contributed by atoms with Gasteiger partial charge in [0.1, 0.15) is 0 Å². The van der Waals surface area contributed by atoms with Gasteiger partial charge in [-0.3, -0.25) is 0 Å². The maximum atomic E-state index is 6.08. The van der Waals surface area contributed by atoms with Crippen molar-refractivity contribution in [1.82, 2.24) is 0 Å². The van der Waals surface area contributed by atoms with Crippen molar-refractivity contribution in [3.05, 3.63) is 0 Å². The van der Waals surface area contributed by atoms with Crippen LogP contribution in [0.25, 0.3) is 0 Å². The van der Waals surface area contributed by atoms with E-state index in [9.17, 15) is 0 Å². The topological polar surface area (TPSA) is 18.5 Å². The molecule has 0 spiro atoms. The molecule has 0 saturated carbocycles. The second kappa shape index (κ2) is 4.55. The van der Waals surface area contributed by atoms with Crippen molar-refractivity contribution < 1.29 is 8.85 Å². The first-order chi connectivity index (χ1) is 5.27. The van der Waals surface area contributed by atoms with Crippen molar-refractivity contribution in [2.75, 3.05) is 12.8 Å². The number of rotatable bonds is 5. The summed E-state index contributed by atoms with van der Waals surface area (Å²) < 4.78 is 11.5. The molecular weight excluding hydrogens is 184 g/mol. The predicted molar refractivity (Wildman–Crippen MR) is 58.4 cm³/mol. The molecule has 0 radical (unpaired) electrons. The van der Waals surface area contributed by atoms with Crippen LogP contribution in [0.4, 0.5) is 0 Å². The molecule has 0 aromatic rings. The molecule has 0 unspecified atom stereocenters.